The first-order chi connectivity index (χ1) is 11.1. The van der Waals surface area contributed by atoms with Gasteiger partial charge in [0.05, 0.1) is 27.0 Å². The van der Waals surface area contributed by atoms with Gasteiger partial charge in [0.2, 0.25) is 5.91 Å². The third-order valence-electron chi connectivity index (χ3n) is 3.53. The summed E-state index contributed by atoms with van der Waals surface area (Å²) in [4.78, 5) is 16.9. The maximum absolute atomic E-state index is 12.4. The average Bonchev–Trinajstić information content (AvgIpc) is 2.86. The minimum Gasteiger partial charge on any atom is -0.324 e. The summed E-state index contributed by atoms with van der Waals surface area (Å²) in [6.07, 6.45) is 0. The lowest BCUT2D eigenvalue weighted by molar-refractivity contribution is -0.115. The van der Waals surface area contributed by atoms with E-state index in [-0.39, 0.29) is 11.2 Å². The second-order valence-corrected chi connectivity index (χ2v) is 6.89. The zero-order valence-electron chi connectivity index (χ0n) is 12.8. The van der Waals surface area contributed by atoms with Gasteiger partial charge in [-0.2, -0.15) is 0 Å². The lowest BCUT2D eigenvalue weighted by Gasteiger charge is -2.12. The highest BCUT2D eigenvalue weighted by molar-refractivity contribution is 8.00. The summed E-state index contributed by atoms with van der Waals surface area (Å²) in [5.41, 5.74) is 2.60. The molecule has 1 unspecified atom stereocenters. The molecule has 3 aromatic rings. The molecule has 1 heterocycles. The average molecular weight is 346 g/mol. The Hall–Kier alpha value is -1.98. The Bertz CT molecular complexity index is 862. The number of nitrogens with one attached hydrogen (secondary N) is 1. The highest BCUT2D eigenvalue weighted by Gasteiger charge is 2.19. The van der Waals surface area contributed by atoms with E-state index in [1.165, 1.54) is 11.8 Å². The number of amides is 1. The van der Waals surface area contributed by atoms with Crippen LogP contribution in [-0.4, -0.2) is 20.7 Å². The smallest absolute Gasteiger partial charge is 0.237 e. The molecule has 0 saturated carbocycles. The third-order valence-corrected chi connectivity index (χ3v) is 5.00. The van der Waals surface area contributed by atoms with Gasteiger partial charge in [0.15, 0.2) is 5.16 Å². The van der Waals surface area contributed by atoms with Gasteiger partial charge in [-0.3, -0.25) is 4.79 Å². The molecule has 0 spiro atoms. The standard InChI is InChI=1S/C17H16ClN3OS/c1-11(16(22)19-13-8-4-3-7-12(13)18)23-17-20-14-9-5-6-10-15(14)21(17)2/h3-11H,1-2H3,(H,19,22). The van der Waals surface area contributed by atoms with Crippen LogP contribution < -0.4 is 5.32 Å². The van der Waals surface area contributed by atoms with Gasteiger partial charge in [0, 0.05) is 7.05 Å². The van der Waals surface area contributed by atoms with Crippen LogP contribution in [0, 0.1) is 0 Å². The predicted octanol–water partition coefficient (Wildman–Crippen LogP) is 4.35. The molecule has 1 amide bonds. The first kappa shape index (κ1) is 15.9. The molecule has 1 N–H and O–H groups in total. The molecule has 0 radical (unpaired) electrons. The molecule has 0 aliphatic heterocycles. The SMILES string of the molecule is CC(Sc1nc2ccccc2n1C)C(=O)Nc1ccccc1Cl. The number of nitrogens with zero attached hydrogens (tertiary/aromatic N) is 2. The van der Waals surface area contributed by atoms with Crippen molar-refractivity contribution >= 4 is 46.0 Å². The minimum atomic E-state index is -0.290. The fraction of sp³-hybridized carbons (Fsp3) is 0.176. The number of hydrogen-bond acceptors (Lipinski definition) is 3. The number of benzene rings is 2. The first-order valence-corrected chi connectivity index (χ1v) is 8.45. The number of halogens is 1. The largest absolute Gasteiger partial charge is 0.324 e. The number of hydrogen-bond donors (Lipinski definition) is 1. The maximum atomic E-state index is 12.4. The van der Waals surface area contributed by atoms with Gasteiger partial charge in [-0.25, -0.2) is 4.98 Å². The summed E-state index contributed by atoms with van der Waals surface area (Å²) in [5.74, 6) is -0.102. The van der Waals surface area contributed by atoms with Crippen molar-refractivity contribution in [2.75, 3.05) is 5.32 Å². The van der Waals surface area contributed by atoms with Crippen LogP contribution in [0.2, 0.25) is 5.02 Å². The van der Waals surface area contributed by atoms with Crippen LogP contribution in [-0.2, 0) is 11.8 Å². The number of anilines is 1. The fourth-order valence-corrected chi connectivity index (χ4v) is 3.31. The molecule has 0 aliphatic rings. The Balaban J connectivity index is 1.75. The summed E-state index contributed by atoms with van der Waals surface area (Å²) in [7, 11) is 1.95. The Labute approximate surface area is 143 Å². The molecule has 23 heavy (non-hydrogen) atoms. The van der Waals surface area contributed by atoms with Crippen LogP contribution >= 0.6 is 23.4 Å². The van der Waals surface area contributed by atoms with E-state index >= 15 is 0 Å². The number of rotatable bonds is 4. The van der Waals surface area contributed by atoms with E-state index in [0.29, 0.717) is 10.7 Å². The van der Waals surface area contributed by atoms with E-state index in [1.54, 1.807) is 12.1 Å². The molecule has 6 heteroatoms. The maximum Gasteiger partial charge on any atom is 0.237 e. The predicted molar refractivity (Wildman–Crippen MR) is 96.1 cm³/mol. The van der Waals surface area contributed by atoms with Crippen molar-refractivity contribution in [1.29, 1.82) is 0 Å². The first-order valence-electron chi connectivity index (χ1n) is 7.20. The van der Waals surface area contributed by atoms with E-state index < -0.39 is 0 Å². The van der Waals surface area contributed by atoms with Gasteiger partial charge < -0.3 is 9.88 Å². The Morgan fingerprint density at radius 3 is 2.65 bits per heavy atom. The van der Waals surface area contributed by atoms with Gasteiger partial charge in [-0.05, 0) is 31.2 Å². The molecular weight excluding hydrogens is 330 g/mol. The summed E-state index contributed by atoms with van der Waals surface area (Å²) in [6, 6.07) is 15.1. The van der Waals surface area contributed by atoms with Crippen LogP contribution in [0.1, 0.15) is 6.92 Å². The molecule has 0 saturated heterocycles. The van der Waals surface area contributed by atoms with Crippen LogP contribution in [0.25, 0.3) is 11.0 Å². The number of para-hydroxylation sites is 3. The van der Waals surface area contributed by atoms with Crippen molar-refractivity contribution in [2.24, 2.45) is 7.05 Å². The topological polar surface area (TPSA) is 46.9 Å². The number of imidazole rings is 1. The summed E-state index contributed by atoms with van der Waals surface area (Å²) >= 11 is 7.50. The Morgan fingerprint density at radius 2 is 1.91 bits per heavy atom. The summed E-state index contributed by atoms with van der Waals surface area (Å²) in [5, 5.41) is 3.91. The quantitative estimate of drug-likeness (QED) is 0.715. The monoisotopic (exact) mass is 345 g/mol. The van der Waals surface area contributed by atoms with E-state index in [1.807, 2.05) is 54.9 Å². The molecular formula is C17H16ClN3OS. The van der Waals surface area contributed by atoms with Crippen LogP contribution in [0.4, 0.5) is 5.69 Å². The van der Waals surface area contributed by atoms with E-state index in [0.717, 1.165) is 16.2 Å². The Kier molecular flexibility index (Phi) is 4.59. The molecule has 0 aliphatic carbocycles. The zero-order valence-corrected chi connectivity index (χ0v) is 14.4. The fourth-order valence-electron chi connectivity index (χ4n) is 2.24. The van der Waals surface area contributed by atoms with Crippen molar-refractivity contribution in [3.63, 3.8) is 0 Å². The number of fused-ring (bicyclic) bond motifs is 1. The second kappa shape index (κ2) is 6.64. The van der Waals surface area contributed by atoms with Gasteiger partial charge in [-0.15, -0.1) is 0 Å². The lowest BCUT2D eigenvalue weighted by atomic mass is 10.3. The van der Waals surface area contributed by atoms with Gasteiger partial charge in [0.25, 0.3) is 0 Å². The number of thioether (sulfide) groups is 1. The molecule has 118 valence electrons. The number of carbonyl (C=O) groups is 1. The van der Waals surface area contributed by atoms with Crippen LogP contribution in [0.3, 0.4) is 0 Å². The second-order valence-electron chi connectivity index (χ2n) is 5.17. The number of aryl methyl sites for hydroxylation is 1. The summed E-state index contributed by atoms with van der Waals surface area (Å²) in [6.45, 7) is 1.86. The highest BCUT2D eigenvalue weighted by Crippen LogP contribution is 2.27. The van der Waals surface area contributed by atoms with Crippen molar-refractivity contribution in [1.82, 2.24) is 9.55 Å². The van der Waals surface area contributed by atoms with E-state index in [2.05, 4.69) is 10.3 Å². The molecule has 3 rings (SSSR count). The van der Waals surface area contributed by atoms with Crippen LogP contribution in [0.15, 0.2) is 53.7 Å². The third kappa shape index (κ3) is 3.35. The molecule has 0 bridgehead atoms. The van der Waals surface area contributed by atoms with Crippen molar-refractivity contribution in [2.45, 2.75) is 17.3 Å². The molecule has 4 nitrogen and oxygen atoms in total. The summed E-state index contributed by atoms with van der Waals surface area (Å²) < 4.78 is 2.00. The normalized spacial score (nSPS) is 12.3. The van der Waals surface area contributed by atoms with E-state index in [9.17, 15) is 4.79 Å². The van der Waals surface area contributed by atoms with Crippen LogP contribution in [0.5, 0.6) is 0 Å². The number of carbonyl (C=O) groups excluding carboxylic acids is 1. The Morgan fingerprint density at radius 1 is 1.22 bits per heavy atom. The van der Waals surface area contributed by atoms with Gasteiger partial charge >= 0.3 is 0 Å². The zero-order chi connectivity index (χ0) is 16.4. The molecule has 0 fully saturated rings. The van der Waals surface area contributed by atoms with E-state index in [4.69, 9.17) is 11.6 Å². The van der Waals surface area contributed by atoms with Gasteiger partial charge in [0.1, 0.15) is 0 Å². The lowest BCUT2D eigenvalue weighted by Crippen LogP contribution is -2.23. The van der Waals surface area contributed by atoms with Crippen molar-refractivity contribution < 1.29 is 4.79 Å². The molecule has 1 aromatic heterocycles. The van der Waals surface area contributed by atoms with Gasteiger partial charge in [-0.1, -0.05) is 47.6 Å². The minimum absolute atomic E-state index is 0.102. The highest BCUT2D eigenvalue weighted by atomic mass is 35.5. The number of aromatic nitrogens is 2. The van der Waals surface area contributed by atoms with Crippen molar-refractivity contribution in [3.05, 3.63) is 53.6 Å². The molecule has 1 atom stereocenters. The van der Waals surface area contributed by atoms with Crippen molar-refractivity contribution in [3.8, 4) is 0 Å². The molecule has 2 aromatic carbocycles.